The Morgan fingerprint density at radius 2 is 0.767 bits per heavy atom. The van der Waals surface area contributed by atoms with Gasteiger partial charge < -0.3 is 20.0 Å². The first-order chi connectivity index (χ1) is 14.2. The molecule has 4 aliphatic carbocycles. The van der Waals surface area contributed by atoms with Crippen molar-refractivity contribution in [3.05, 3.63) is 0 Å². The zero-order valence-electron chi connectivity index (χ0n) is 17.3. The average Bonchev–Trinajstić information content (AvgIpc) is 3.39. The van der Waals surface area contributed by atoms with Crippen LogP contribution < -0.4 is 0 Å². The molecule has 0 aromatic heterocycles. The Morgan fingerprint density at radius 3 is 1.07 bits per heavy atom. The van der Waals surface area contributed by atoms with Gasteiger partial charge in [0.25, 0.3) is 0 Å². The van der Waals surface area contributed by atoms with Crippen molar-refractivity contribution in [3.63, 3.8) is 0 Å². The number of carboxylic acid groups (broad SMARTS) is 2. The van der Waals surface area contributed by atoms with Crippen molar-refractivity contribution in [2.24, 2.45) is 21.7 Å². The number of hydrogen-bond donors (Lipinski definition) is 2. The van der Waals surface area contributed by atoms with Crippen molar-refractivity contribution in [1.82, 2.24) is 9.80 Å². The van der Waals surface area contributed by atoms with Crippen LogP contribution >= 0.6 is 0 Å². The molecule has 2 aliphatic heterocycles. The maximum atomic E-state index is 13.7. The van der Waals surface area contributed by atoms with Gasteiger partial charge in [0.1, 0.15) is 0 Å². The number of carbonyl (C=O) groups excluding carboxylic acids is 2. The molecular weight excluding hydrogens is 388 g/mol. The number of carbonyl (C=O) groups is 4. The summed E-state index contributed by atoms with van der Waals surface area (Å²) in [6.45, 7) is 2.53. The molecule has 0 radical (unpaired) electrons. The van der Waals surface area contributed by atoms with Crippen molar-refractivity contribution in [1.29, 1.82) is 0 Å². The Morgan fingerprint density at radius 1 is 0.500 bits per heavy atom. The zero-order chi connectivity index (χ0) is 21.4. The van der Waals surface area contributed by atoms with E-state index in [4.69, 9.17) is 0 Å². The lowest BCUT2D eigenvalue weighted by molar-refractivity contribution is -0.225. The van der Waals surface area contributed by atoms with Gasteiger partial charge in [-0.1, -0.05) is 0 Å². The summed E-state index contributed by atoms with van der Waals surface area (Å²) in [6.07, 6.45) is 4.61. The topological polar surface area (TPSA) is 115 Å². The second-order valence-electron chi connectivity index (χ2n) is 10.8. The van der Waals surface area contributed by atoms with Crippen molar-refractivity contribution in [2.45, 2.75) is 64.2 Å². The van der Waals surface area contributed by atoms with Crippen LogP contribution in [0.2, 0.25) is 0 Å². The number of likely N-dealkylation sites (tertiary alicyclic amines) is 2. The molecule has 4 bridgehead atoms. The van der Waals surface area contributed by atoms with Crippen LogP contribution in [0.25, 0.3) is 0 Å². The lowest BCUT2D eigenvalue weighted by Crippen LogP contribution is -2.70. The molecule has 4 saturated carbocycles. The third-order valence-electron chi connectivity index (χ3n) is 8.66. The van der Waals surface area contributed by atoms with E-state index >= 15 is 0 Å². The Labute approximate surface area is 175 Å². The van der Waals surface area contributed by atoms with E-state index in [1.54, 1.807) is 9.80 Å². The summed E-state index contributed by atoms with van der Waals surface area (Å²) in [5, 5.41) is 20.5. The first-order valence-electron chi connectivity index (χ1n) is 11.2. The largest absolute Gasteiger partial charge is 0.481 e. The third kappa shape index (κ3) is 2.51. The minimum atomic E-state index is -1.32. The van der Waals surface area contributed by atoms with Gasteiger partial charge in [0.05, 0.1) is 21.7 Å². The molecule has 8 nitrogen and oxygen atoms in total. The first kappa shape index (κ1) is 19.8. The molecule has 30 heavy (non-hydrogen) atoms. The maximum Gasteiger partial charge on any atom is 0.309 e. The van der Waals surface area contributed by atoms with Gasteiger partial charge >= 0.3 is 11.9 Å². The fourth-order valence-electron chi connectivity index (χ4n) is 8.06. The number of rotatable bonds is 4. The van der Waals surface area contributed by atoms with Crippen molar-refractivity contribution in [2.75, 3.05) is 26.2 Å². The molecule has 164 valence electrons. The summed E-state index contributed by atoms with van der Waals surface area (Å²) in [6, 6.07) is 0. The van der Waals surface area contributed by atoms with Crippen LogP contribution in [0.5, 0.6) is 0 Å². The summed E-state index contributed by atoms with van der Waals surface area (Å²) in [4.78, 5) is 56.1. The lowest BCUT2D eigenvalue weighted by atomic mass is 9.35. The van der Waals surface area contributed by atoms with Gasteiger partial charge in [-0.25, -0.2) is 0 Å². The SMILES string of the molecule is O=C(O)C12CC3(C(=O)O)CC(C(=O)N4CCCC4)(C1)CC(C(=O)N1CCCC1)(C2)C3. The van der Waals surface area contributed by atoms with Crippen molar-refractivity contribution >= 4 is 23.8 Å². The molecule has 0 aromatic rings. The molecule has 0 unspecified atom stereocenters. The minimum Gasteiger partial charge on any atom is -0.481 e. The lowest BCUT2D eigenvalue weighted by Gasteiger charge is -2.67. The normalized spacial score (nSPS) is 42.0. The number of nitrogens with zero attached hydrogens (tertiary/aromatic N) is 2. The summed E-state index contributed by atoms with van der Waals surface area (Å²) in [7, 11) is 0. The Hall–Kier alpha value is -2.12. The van der Waals surface area contributed by atoms with Crippen LogP contribution in [0.15, 0.2) is 0 Å². The second kappa shape index (κ2) is 6.20. The van der Waals surface area contributed by atoms with Crippen LogP contribution in [0.4, 0.5) is 0 Å². The van der Waals surface area contributed by atoms with Gasteiger partial charge in [0.2, 0.25) is 11.8 Å². The van der Waals surface area contributed by atoms with Gasteiger partial charge in [-0.05, 0) is 64.2 Å². The molecule has 2 saturated heterocycles. The quantitative estimate of drug-likeness (QED) is 0.718. The Bertz CT molecular complexity index is 745. The molecule has 0 aromatic carbocycles. The summed E-state index contributed by atoms with van der Waals surface area (Å²) >= 11 is 0. The van der Waals surface area contributed by atoms with E-state index in [1.165, 1.54) is 0 Å². The van der Waals surface area contributed by atoms with Crippen LogP contribution in [0, 0.1) is 21.7 Å². The van der Waals surface area contributed by atoms with Gasteiger partial charge in [0.15, 0.2) is 0 Å². The molecule has 8 heteroatoms. The van der Waals surface area contributed by atoms with Crippen LogP contribution in [0.3, 0.4) is 0 Å². The summed E-state index contributed by atoms with van der Waals surface area (Å²) in [5.74, 6) is -2.34. The first-order valence-corrected chi connectivity index (χ1v) is 11.2. The maximum absolute atomic E-state index is 13.7. The number of amides is 2. The van der Waals surface area contributed by atoms with E-state index in [-0.39, 0.29) is 43.9 Å². The van der Waals surface area contributed by atoms with Crippen LogP contribution in [-0.4, -0.2) is 69.9 Å². The number of hydrogen-bond acceptors (Lipinski definition) is 4. The monoisotopic (exact) mass is 418 g/mol. The van der Waals surface area contributed by atoms with Crippen LogP contribution in [-0.2, 0) is 19.2 Å². The molecule has 6 rings (SSSR count). The molecule has 0 spiro atoms. The molecule has 6 aliphatic rings. The summed E-state index contributed by atoms with van der Waals surface area (Å²) < 4.78 is 0. The van der Waals surface area contributed by atoms with Gasteiger partial charge in [0, 0.05) is 26.2 Å². The van der Waals surface area contributed by atoms with Gasteiger partial charge in [-0.2, -0.15) is 0 Å². The molecular formula is C22H30N2O6. The highest BCUT2D eigenvalue weighted by Crippen LogP contribution is 2.74. The highest BCUT2D eigenvalue weighted by atomic mass is 16.4. The minimum absolute atomic E-state index is 0.0225. The fraction of sp³-hybridized carbons (Fsp3) is 0.818. The fourth-order valence-corrected chi connectivity index (χ4v) is 8.06. The highest BCUT2D eigenvalue weighted by molar-refractivity contribution is 5.94. The van der Waals surface area contributed by atoms with Crippen molar-refractivity contribution < 1.29 is 29.4 Å². The summed E-state index contributed by atoms with van der Waals surface area (Å²) in [5.41, 5.74) is -4.77. The average molecular weight is 418 g/mol. The van der Waals surface area contributed by atoms with E-state index < -0.39 is 33.6 Å². The smallest absolute Gasteiger partial charge is 0.309 e. The molecule has 2 amide bonds. The molecule has 2 N–H and O–H groups in total. The standard InChI is InChI=1S/C22H30N2O6/c25-15(23-5-1-2-6-23)19-9-20(16(26)24-7-3-4-8-24)12-21(10-19,17(27)28)14-22(11-19,13-20)18(29)30/h1-14H2,(H,27,28)(H,29,30). The number of aliphatic carboxylic acids is 2. The molecule has 2 heterocycles. The third-order valence-corrected chi connectivity index (χ3v) is 8.66. The predicted molar refractivity (Wildman–Crippen MR) is 104 cm³/mol. The zero-order valence-corrected chi connectivity index (χ0v) is 17.3. The van der Waals surface area contributed by atoms with E-state index in [0.29, 0.717) is 32.6 Å². The predicted octanol–water partition coefficient (Wildman–Crippen LogP) is 1.73. The van der Waals surface area contributed by atoms with Gasteiger partial charge in [-0.15, -0.1) is 0 Å². The molecule has 6 fully saturated rings. The van der Waals surface area contributed by atoms with Gasteiger partial charge in [-0.3, -0.25) is 19.2 Å². The Balaban J connectivity index is 1.64. The van der Waals surface area contributed by atoms with Crippen molar-refractivity contribution in [3.8, 4) is 0 Å². The molecule has 0 atom stereocenters. The Kier molecular flexibility index (Phi) is 4.10. The van der Waals surface area contributed by atoms with E-state index in [2.05, 4.69) is 0 Å². The van der Waals surface area contributed by atoms with E-state index in [9.17, 15) is 29.4 Å². The highest BCUT2D eigenvalue weighted by Gasteiger charge is 2.76. The van der Waals surface area contributed by atoms with E-state index in [0.717, 1.165) is 25.7 Å². The van der Waals surface area contributed by atoms with Crippen LogP contribution in [0.1, 0.15) is 64.2 Å². The number of carboxylic acids is 2. The van der Waals surface area contributed by atoms with E-state index in [1.807, 2.05) is 0 Å². The second-order valence-corrected chi connectivity index (χ2v) is 10.8.